The molecule has 2 rings (SSSR count). The topological polar surface area (TPSA) is 73.3 Å². The van der Waals surface area contributed by atoms with Gasteiger partial charge in [0.2, 0.25) is 5.75 Å². The maximum Gasteiger partial charge on any atom is 0.203 e. The van der Waals surface area contributed by atoms with Crippen molar-refractivity contribution in [2.24, 2.45) is 4.99 Å². The molecule has 0 saturated carbocycles. The molecule has 0 aromatic heterocycles. The van der Waals surface area contributed by atoms with Crippen LogP contribution in [0.5, 0.6) is 17.2 Å². The summed E-state index contributed by atoms with van der Waals surface area (Å²) in [5.74, 6) is 2.61. The number of hydrogen-bond donors (Lipinski definition) is 2. The Morgan fingerprint density at radius 2 is 1.58 bits per heavy atom. The smallest absolute Gasteiger partial charge is 0.203 e. The van der Waals surface area contributed by atoms with Gasteiger partial charge in [0.15, 0.2) is 17.5 Å². The van der Waals surface area contributed by atoms with Crippen LogP contribution in [0.2, 0.25) is 0 Å². The van der Waals surface area contributed by atoms with E-state index in [1.165, 1.54) is 5.56 Å². The van der Waals surface area contributed by atoms with E-state index < -0.39 is 0 Å². The molecular formula is C24H35N3O4. The number of aliphatic imine (C=N–C) groups is 1. The molecule has 0 atom stereocenters. The molecule has 0 fully saturated rings. The van der Waals surface area contributed by atoms with Gasteiger partial charge in [-0.15, -0.1) is 0 Å². The van der Waals surface area contributed by atoms with Gasteiger partial charge < -0.3 is 29.6 Å². The molecular weight excluding hydrogens is 394 g/mol. The summed E-state index contributed by atoms with van der Waals surface area (Å²) in [4.78, 5) is 4.67. The van der Waals surface area contributed by atoms with Crippen molar-refractivity contribution in [1.29, 1.82) is 0 Å². The Bertz CT molecular complexity index is 772. The molecule has 0 aliphatic rings. The van der Waals surface area contributed by atoms with E-state index in [-0.39, 0.29) is 0 Å². The maximum atomic E-state index is 5.73. The highest BCUT2D eigenvalue weighted by molar-refractivity contribution is 5.79. The molecule has 0 radical (unpaired) electrons. The highest BCUT2D eigenvalue weighted by Gasteiger charge is 2.13. The average Bonchev–Trinajstić information content (AvgIpc) is 2.81. The zero-order valence-electron chi connectivity index (χ0n) is 19.1. The molecule has 31 heavy (non-hydrogen) atoms. The molecule has 0 heterocycles. The van der Waals surface area contributed by atoms with Crippen molar-refractivity contribution >= 4 is 5.96 Å². The summed E-state index contributed by atoms with van der Waals surface area (Å²) in [6.07, 6.45) is 2.00. The van der Waals surface area contributed by atoms with Gasteiger partial charge in [-0.05, 0) is 43.0 Å². The first-order valence-corrected chi connectivity index (χ1v) is 10.6. The van der Waals surface area contributed by atoms with Crippen molar-refractivity contribution in [1.82, 2.24) is 10.6 Å². The number of ether oxygens (including phenoxy) is 4. The molecule has 0 saturated heterocycles. The van der Waals surface area contributed by atoms with E-state index in [0.717, 1.165) is 44.1 Å². The minimum Gasteiger partial charge on any atom is -0.493 e. The standard InChI is InChI=1S/C24H35N3O4/c1-5-25-24(26-13-9-10-14-31-18-19-11-7-6-8-12-19)27-17-20-15-21(28-2)23(30-4)22(16-20)29-3/h6-8,11-12,15-16H,5,9-10,13-14,17-18H2,1-4H3,(H2,25,26,27). The molecule has 170 valence electrons. The lowest BCUT2D eigenvalue weighted by atomic mass is 10.2. The first-order chi connectivity index (χ1) is 15.2. The number of hydrogen-bond acceptors (Lipinski definition) is 5. The van der Waals surface area contributed by atoms with E-state index in [9.17, 15) is 0 Å². The molecule has 7 heteroatoms. The highest BCUT2D eigenvalue weighted by Crippen LogP contribution is 2.38. The van der Waals surface area contributed by atoms with Crippen LogP contribution < -0.4 is 24.8 Å². The third-order valence-corrected chi connectivity index (χ3v) is 4.61. The van der Waals surface area contributed by atoms with Crippen LogP contribution in [0.15, 0.2) is 47.5 Å². The normalized spacial score (nSPS) is 11.2. The Kier molecular flexibility index (Phi) is 11.1. The lowest BCUT2D eigenvalue weighted by Gasteiger charge is -2.14. The second-order valence-corrected chi connectivity index (χ2v) is 6.90. The summed E-state index contributed by atoms with van der Waals surface area (Å²) in [7, 11) is 4.82. The minimum atomic E-state index is 0.492. The van der Waals surface area contributed by atoms with Crippen LogP contribution in [0.4, 0.5) is 0 Å². The van der Waals surface area contributed by atoms with Gasteiger partial charge in [0, 0.05) is 19.7 Å². The molecule has 0 spiro atoms. The molecule has 0 unspecified atom stereocenters. The molecule has 0 aliphatic heterocycles. The number of nitrogens with zero attached hydrogens (tertiary/aromatic N) is 1. The van der Waals surface area contributed by atoms with Crippen molar-refractivity contribution in [2.75, 3.05) is 41.0 Å². The van der Waals surface area contributed by atoms with Crippen LogP contribution in [-0.4, -0.2) is 47.0 Å². The van der Waals surface area contributed by atoms with E-state index in [0.29, 0.717) is 30.4 Å². The van der Waals surface area contributed by atoms with Crippen LogP contribution in [0, 0.1) is 0 Å². The van der Waals surface area contributed by atoms with Gasteiger partial charge in [0.25, 0.3) is 0 Å². The number of benzene rings is 2. The fourth-order valence-corrected chi connectivity index (χ4v) is 3.04. The third kappa shape index (κ3) is 8.38. The minimum absolute atomic E-state index is 0.492. The average molecular weight is 430 g/mol. The van der Waals surface area contributed by atoms with Crippen molar-refractivity contribution in [3.8, 4) is 17.2 Å². The zero-order chi connectivity index (χ0) is 22.3. The summed E-state index contributed by atoms with van der Waals surface area (Å²) in [5.41, 5.74) is 2.18. The predicted octanol–water partition coefficient (Wildman–Crippen LogP) is 3.76. The summed E-state index contributed by atoms with van der Waals surface area (Å²) in [5, 5.41) is 6.65. The molecule has 7 nitrogen and oxygen atoms in total. The fraction of sp³-hybridized carbons (Fsp3) is 0.458. The second kappa shape index (κ2) is 14.1. The second-order valence-electron chi connectivity index (χ2n) is 6.90. The van der Waals surface area contributed by atoms with E-state index in [4.69, 9.17) is 18.9 Å². The van der Waals surface area contributed by atoms with E-state index >= 15 is 0 Å². The van der Waals surface area contributed by atoms with Crippen LogP contribution in [-0.2, 0) is 17.9 Å². The molecule has 2 aromatic carbocycles. The predicted molar refractivity (Wildman–Crippen MR) is 124 cm³/mol. The summed E-state index contributed by atoms with van der Waals surface area (Å²) >= 11 is 0. The Hall–Kier alpha value is -2.93. The van der Waals surface area contributed by atoms with Gasteiger partial charge in [0.05, 0.1) is 34.5 Å². The van der Waals surface area contributed by atoms with Crippen LogP contribution in [0.3, 0.4) is 0 Å². The zero-order valence-corrected chi connectivity index (χ0v) is 19.1. The lowest BCUT2D eigenvalue weighted by Crippen LogP contribution is -2.37. The Morgan fingerprint density at radius 3 is 2.19 bits per heavy atom. The largest absolute Gasteiger partial charge is 0.493 e. The van der Waals surface area contributed by atoms with Crippen LogP contribution in [0.1, 0.15) is 30.9 Å². The van der Waals surface area contributed by atoms with E-state index in [1.54, 1.807) is 21.3 Å². The van der Waals surface area contributed by atoms with Crippen molar-refractivity contribution in [2.45, 2.75) is 32.9 Å². The molecule has 2 N–H and O–H groups in total. The molecule has 2 aromatic rings. The van der Waals surface area contributed by atoms with Crippen molar-refractivity contribution in [3.63, 3.8) is 0 Å². The van der Waals surface area contributed by atoms with Gasteiger partial charge in [-0.3, -0.25) is 0 Å². The summed E-state index contributed by atoms with van der Waals surface area (Å²) in [6.45, 7) is 5.57. The number of unbranched alkanes of at least 4 members (excludes halogenated alkanes) is 1. The van der Waals surface area contributed by atoms with Gasteiger partial charge in [-0.25, -0.2) is 4.99 Å². The van der Waals surface area contributed by atoms with E-state index in [1.807, 2.05) is 37.3 Å². The Labute approximate surface area is 185 Å². The van der Waals surface area contributed by atoms with Crippen LogP contribution in [0.25, 0.3) is 0 Å². The Morgan fingerprint density at radius 1 is 0.871 bits per heavy atom. The third-order valence-electron chi connectivity index (χ3n) is 4.61. The monoisotopic (exact) mass is 429 g/mol. The Balaban J connectivity index is 1.79. The van der Waals surface area contributed by atoms with Gasteiger partial charge in [0.1, 0.15) is 0 Å². The van der Waals surface area contributed by atoms with E-state index in [2.05, 4.69) is 27.8 Å². The molecule has 0 bridgehead atoms. The number of methoxy groups -OCH3 is 3. The maximum absolute atomic E-state index is 5.73. The first-order valence-electron chi connectivity index (χ1n) is 10.6. The summed E-state index contributed by atoms with van der Waals surface area (Å²) in [6, 6.07) is 14.1. The van der Waals surface area contributed by atoms with Crippen molar-refractivity contribution in [3.05, 3.63) is 53.6 Å². The quantitative estimate of drug-likeness (QED) is 0.287. The molecule has 0 amide bonds. The SMILES string of the molecule is CCNC(=NCc1cc(OC)c(OC)c(OC)c1)NCCCCOCc1ccccc1. The lowest BCUT2D eigenvalue weighted by molar-refractivity contribution is 0.117. The fourth-order valence-electron chi connectivity index (χ4n) is 3.04. The van der Waals surface area contributed by atoms with Gasteiger partial charge >= 0.3 is 0 Å². The van der Waals surface area contributed by atoms with Crippen molar-refractivity contribution < 1.29 is 18.9 Å². The number of nitrogens with one attached hydrogen (secondary N) is 2. The van der Waals surface area contributed by atoms with Gasteiger partial charge in [-0.1, -0.05) is 30.3 Å². The van der Waals surface area contributed by atoms with Gasteiger partial charge in [-0.2, -0.15) is 0 Å². The first kappa shape index (κ1) is 24.3. The highest BCUT2D eigenvalue weighted by atomic mass is 16.5. The number of rotatable bonds is 13. The van der Waals surface area contributed by atoms with Crippen LogP contribution >= 0.6 is 0 Å². The summed E-state index contributed by atoms with van der Waals surface area (Å²) < 4.78 is 21.9. The molecule has 0 aliphatic carbocycles. The number of guanidine groups is 1.